The van der Waals surface area contributed by atoms with Crippen LogP contribution in [-0.4, -0.2) is 44.4 Å². The van der Waals surface area contributed by atoms with E-state index in [2.05, 4.69) is 10.3 Å². The van der Waals surface area contributed by atoms with E-state index < -0.39 is 0 Å². The summed E-state index contributed by atoms with van der Waals surface area (Å²) in [5.41, 5.74) is 6.29. The number of hydrogen-bond acceptors (Lipinski definition) is 5. The average molecular weight is 288 g/mol. The molecule has 6 nitrogen and oxygen atoms in total. The number of carbonyl (C=O) groups is 1. The Labute approximate surface area is 117 Å². The topological polar surface area (TPSA) is 86.5 Å². The minimum Gasteiger partial charge on any atom is -0.397 e. The molecule has 1 rings (SSSR count). The van der Waals surface area contributed by atoms with Crippen molar-refractivity contribution in [2.75, 3.05) is 39.2 Å². The van der Waals surface area contributed by atoms with Crippen molar-refractivity contribution < 1.29 is 14.3 Å². The fraction of sp³-hybridized carbons (Fsp3) is 0.500. The summed E-state index contributed by atoms with van der Waals surface area (Å²) in [7, 11) is 1.62. The fourth-order valence-electron chi connectivity index (χ4n) is 1.35. The highest BCUT2D eigenvalue weighted by molar-refractivity contribution is 6.29. The van der Waals surface area contributed by atoms with Crippen LogP contribution in [0.2, 0.25) is 5.15 Å². The molecular weight excluding hydrogens is 270 g/mol. The van der Waals surface area contributed by atoms with Gasteiger partial charge in [-0.15, -0.1) is 0 Å². The van der Waals surface area contributed by atoms with Crippen molar-refractivity contribution in [3.8, 4) is 0 Å². The van der Waals surface area contributed by atoms with Gasteiger partial charge in [0, 0.05) is 20.3 Å². The number of ether oxygens (including phenoxy) is 2. The number of anilines is 1. The van der Waals surface area contributed by atoms with Crippen LogP contribution in [0.15, 0.2) is 12.3 Å². The minimum absolute atomic E-state index is 0.238. The molecule has 0 fully saturated rings. The van der Waals surface area contributed by atoms with Gasteiger partial charge in [-0.3, -0.25) is 4.79 Å². The predicted molar refractivity (Wildman–Crippen MR) is 73.3 cm³/mol. The molecular formula is C12H18ClN3O3. The summed E-state index contributed by atoms with van der Waals surface area (Å²) in [5, 5.41) is 2.98. The highest BCUT2D eigenvalue weighted by Crippen LogP contribution is 2.14. The van der Waals surface area contributed by atoms with Crippen molar-refractivity contribution in [1.82, 2.24) is 10.3 Å². The van der Waals surface area contributed by atoms with Crippen molar-refractivity contribution in [1.29, 1.82) is 0 Å². The van der Waals surface area contributed by atoms with Crippen molar-refractivity contribution in [3.63, 3.8) is 0 Å². The van der Waals surface area contributed by atoms with Crippen molar-refractivity contribution in [2.45, 2.75) is 6.42 Å². The molecule has 0 unspecified atom stereocenters. The monoisotopic (exact) mass is 287 g/mol. The maximum atomic E-state index is 11.8. The summed E-state index contributed by atoms with van der Waals surface area (Å²) in [6.07, 6.45) is 2.08. The zero-order valence-corrected chi connectivity index (χ0v) is 11.6. The number of carbonyl (C=O) groups excluding carboxylic acids is 1. The lowest BCUT2D eigenvalue weighted by Gasteiger charge is -2.08. The molecule has 0 atom stereocenters. The van der Waals surface area contributed by atoms with E-state index in [1.54, 1.807) is 7.11 Å². The number of hydrogen-bond donors (Lipinski definition) is 2. The first-order chi connectivity index (χ1) is 9.15. The highest BCUT2D eigenvalue weighted by atomic mass is 35.5. The van der Waals surface area contributed by atoms with Gasteiger partial charge in [0.05, 0.1) is 30.7 Å². The second-order valence-corrected chi connectivity index (χ2v) is 4.20. The third kappa shape index (κ3) is 5.87. The number of rotatable bonds is 8. The molecule has 0 saturated heterocycles. The number of nitrogens with two attached hydrogens (primary N) is 1. The SMILES string of the molecule is COCCOCCCNC(=O)c1cc(Cl)ncc1N. The molecule has 1 aromatic rings. The molecule has 19 heavy (non-hydrogen) atoms. The van der Waals surface area contributed by atoms with Gasteiger partial charge in [-0.1, -0.05) is 11.6 Å². The molecule has 106 valence electrons. The molecule has 0 aliphatic carbocycles. The van der Waals surface area contributed by atoms with Crippen LogP contribution in [0.3, 0.4) is 0 Å². The van der Waals surface area contributed by atoms with Crippen LogP contribution in [0.25, 0.3) is 0 Å². The van der Waals surface area contributed by atoms with Gasteiger partial charge in [0.15, 0.2) is 0 Å². The fourth-order valence-corrected chi connectivity index (χ4v) is 1.51. The zero-order valence-electron chi connectivity index (χ0n) is 10.8. The lowest BCUT2D eigenvalue weighted by atomic mass is 10.2. The Morgan fingerprint density at radius 2 is 2.26 bits per heavy atom. The number of pyridine rings is 1. The minimum atomic E-state index is -0.265. The lowest BCUT2D eigenvalue weighted by Crippen LogP contribution is -2.26. The van der Waals surface area contributed by atoms with E-state index in [4.69, 9.17) is 26.8 Å². The smallest absolute Gasteiger partial charge is 0.253 e. The number of aromatic nitrogens is 1. The van der Waals surface area contributed by atoms with Gasteiger partial charge in [0.1, 0.15) is 5.15 Å². The van der Waals surface area contributed by atoms with Crippen LogP contribution in [0, 0.1) is 0 Å². The molecule has 1 amide bonds. The molecule has 1 heterocycles. The summed E-state index contributed by atoms with van der Waals surface area (Å²) in [6, 6.07) is 1.45. The quantitative estimate of drug-likeness (QED) is 0.552. The molecule has 0 aliphatic rings. The molecule has 0 aliphatic heterocycles. The Morgan fingerprint density at radius 1 is 1.47 bits per heavy atom. The van der Waals surface area contributed by atoms with Gasteiger partial charge in [0.2, 0.25) is 0 Å². The standard InChI is InChI=1S/C12H18ClN3O3/c1-18-5-6-19-4-2-3-15-12(17)9-7-11(13)16-8-10(9)14/h7-8H,2-6,14H2,1H3,(H,15,17). The van der Waals surface area contributed by atoms with E-state index in [-0.39, 0.29) is 11.1 Å². The summed E-state index contributed by atoms with van der Waals surface area (Å²) < 4.78 is 10.1. The first-order valence-electron chi connectivity index (χ1n) is 5.91. The summed E-state index contributed by atoms with van der Waals surface area (Å²) in [5.74, 6) is -0.265. The second kappa shape index (κ2) is 8.68. The number of methoxy groups -OCH3 is 1. The predicted octanol–water partition coefficient (Wildman–Crippen LogP) is 1.10. The van der Waals surface area contributed by atoms with Gasteiger partial charge in [-0.25, -0.2) is 4.98 Å². The van der Waals surface area contributed by atoms with Crippen molar-refractivity contribution in [2.24, 2.45) is 0 Å². The van der Waals surface area contributed by atoms with E-state index in [0.717, 1.165) is 0 Å². The molecule has 0 spiro atoms. The zero-order chi connectivity index (χ0) is 14.1. The average Bonchev–Trinajstić information content (AvgIpc) is 2.40. The van der Waals surface area contributed by atoms with Crippen LogP contribution < -0.4 is 11.1 Å². The van der Waals surface area contributed by atoms with Gasteiger partial charge >= 0.3 is 0 Å². The molecule has 1 aromatic heterocycles. The highest BCUT2D eigenvalue weighted by Gasteiger charge is 2.10. The first-order valence-corrected chi connectivity index (χ1v) is 6.29. The Balaban J connectivity index is 2.26. The van der Waals surface area contributed by atoms with Crippen LogP contribution >= 0.6 is 11.6 Å². The number of nitrogens with one attached hydrogen (secondary N) is 1. The second-order valence-electron chi connectivity index (χ2n) is 3.81. The van der Waals surface area contributed by atoms with Crippen LogP contribution in [0.1, 0.15) is 16.8 Å². The van der Waals surface area contributed by atoms with E-state index >= 15 is 0 Å². The maximum Gasteiger partial charge on any atom is 0.253 e. The first kappa shape index (κ1) is 15.7. The van der Waals surface area contributed by atoms with Gasteiger partial charge in [-0.05, 0) is 12.5 Å². The Morgan fingerprint density at radius 3 is 3.00 bits per heavy atom. The molecule has 0 bridgehead atoms. The molecule has 3 N–H and O–H groups in total. The van der Waals surface area contributed by atoms with Crippen molar-refractivity contribution >= 4 is 23.2 Å². The van der Waals surface area contributed by atoms with Gasteiger partial charge in [0.25, 0.3) is 5.91 Å². The Hall–Kier alpha value is -1.37. The van der Waals surface area contributed by atoms with Crippen LogP contribution in [0.5, 0.6) is 0 Å². The third-order valence-corrected chi connectivity index (χ3v) is 2.54. The van der Waals surface area contributed by atoms with E-state index in [1.807, 2.05) is 0 Å². The normalized spacial score (nSPS) is 10.4. The largest absolute Gasteiger partial charge is 0.397 e. The lowest BCUT2D eigenvalue weighted by molar-refractivity contribution is 0.0688. The molecule has 0 radical (unpaired) electrons. The third-order valence-electron chi connectivity index (χ3n) is 2.33. The summed E-state index contributed by atoms with van der Waals surface area (Å²) >= 11 is 5.71. The Bertz CT molecular complexity index is 415. The van der Waals surface area contributed by atoms with E-state index in [0.29, 0.717) is 44.0 Å². The van der Waals surface area contributed by atoms with E-state index in [9.17, 15) is 4.79 Å². The molecule has 0 aromatic carbocycles. The summed E-state index contributed by atoms with van der Waals surface area (Å²) in [4.78, 5) is 15.6. The summed E-state index contributed by atoms with van der Waals surface area (Å²) in [6.45, 7) is 2.19. The van der Waals surface area contributed by atoms with Crippen LogP contribution in [-0.2, 0) is 9.47 Å². The maximum absolute atomic E-state index is 11.8. The van der Waals surface area contributed by atoms with Gasteiger partial charge in [-0.2, -0.15) is 0 Å². The molecule has 7 heteroatoms. The van der Waals surface area contributed by atoms with Crippen molar-refractivity contribution in [3.05, 3.63) is 23.0 Å². The van der Waals surface area contributed by atoms with E-state index in [1.165, 1.54) is 12.3 Å². The number of nitrogen functional groups attached to an aromatic ring is 1. The Kier molecular flexibility index (Phi) is 7.17. The van der Waals surface area contributed by atoms with Crippen LogP contribution in [0.4, 0.5) is 5.69 Å². The number of nitrogens with zero attached hydrogens (tertiary/aromatic N) is 1. The molecule has 0 saturated carbocycles. The number of amides is 1. The number of halogens is 1. The van der Waals surface area contributed by atoms with Gasteiger partial charge < -0.3 is 20.5 Å².